The smallest absolute Gasteiger partial charge is 0.269 e. The Morgan fingerprint density at radius 2 is 1.47 bits per heavy atom. The van der Waals surface area contributed by atoms with Gasteiger partial charge in [0.2, 0.25) is 0 Å². The number of aromatic nitrogens is 2. The van der Waals surface area contributed by atoms with E-state index >= 15 is 0 Å². The monoisotopic (exact) mass is 409 g/mol. The minimum Gasteiger partial charge on any atom is -0.507 e. The molecule has 5 nitrogen and oxygen atoms in total. The number of phenols is 1. The summed E-state index contributed by atoms with van der Waals surface area (Å²) in [7, 11) is 0. The van der Waals surface area contributed by atoms with Crippen LogP contribution in [0.2, 0.25) is 0 Å². The molecular weight excluding hydrogens is 381 g/mol. The molecule has 0 aliphatic heterocycles. The van der Waals surface area contributed by atoms with Gasteiger partial charge in [-0.25, -0.2) is 9.07 Å². The number of benzene rings is 2. The Hall–Kier alpha value is -3.15. The van der Waals surface area contributed by atoms with Crippen molar-refractivity contribution in [2.24, 2.45) is 5.73 Å². The lowest BCUT2D eigenvalue weighted by Crippen LogP contribution is -2.17. The summed E-state index contributed by atoms with van der Waals surface area (Å²) < 4.78 is 15.0. The van der Waals surface area contributed by atoms with E-state index < -0.39 is 5.91 Å². The van der Waals surface area contributed by atoms with E-state index in [0.29, 0.717) is 11.4 Å². The lowest BCUT2D eigenvalue weighted by molar-refractivity contribution is 0.0995. The molecule has 1 heterocycles. The standard InChI is InChI=1S/C24H28FN3O2/c1-23(2,3)17-11-14(12-18(21(17)29)24(4,5)6)20-13-19(22(26)30)27-28(20)16-9-7-15(25)8-10-16/h7-13,29H,1-6H3,(H2,26,30). The van der Waals surface area contributed by atoms with E-state index in [2.05, 4.69) is 5.10 Å². The van der Waals surface area contributed by atoms with Gasteiger partial charge in [0.15, 0.2) is 5.69 Å². The minimum atomic E-state index is -0.650. The Morgan fingerprint density at radius 3 is 1.90 bits per heavy atom. The topological polar surface area (TPSA) is 81.1 Å². The number of nitrogens with two attached hydrogens (primary N) is 1. The van der Waals surface area contributed by atoms with Gasteiger partial charge >= 0.3 is 0 Å². The molecule has 0 radical (unpaired) electrons. The highest BCUT2D eigenvalue weighted by molar-refractivity contribution is 5.92. The highest BCUT2D eigenvalue weighted by Gasteiger charge is 2.28. The quantitative estimate of drug-likeness (QED) is 0.633. The van der Waals surface area contributed by atoms with Crippen molar-refractivity contribution in [3.63, 3.8) is 0 Å². The summed E-state index contributed by atoms with van der Waals surface area (Å²) in [5.74, 6) is -0.748. The maximum Gasteiger partial charge on any atom is 0.269 e. The van der Waals surface area contributed by atoms with Crippen LogP contribution in [-0.4, -0.2) is 20.8 Å². The first-order chi connectivity index (χ1) is 13.8. The third-order valence-corrected chi connectivity index (χ3v) is 5.05. The van der Waals surface area contributed by atoms with Gasteiger partial charge in [0.1, 0.15) is 11.6 Å². The maximum absolute atomic E-state index is 13.4. The van der Waals surface area contributed by atoms with Gasteiger partial charge in [0.05, 0.1) is 11.4 Å². The Labute approximate surface area is 176 Å². The average Bonchev–Trinajstić information content (AvgIpc) is 3.06. The van der Waals surface area contributed by atoms with Gasteiger partial charge in [0, 0.05) is 16.7 Å². The van der Waals surface area contributed by atoms with Crippen LogP contribution in [0, 0.1) is 5.82 Å². The first-order valence-corrected chi connectivity index (χ1v) is 9.83. The number of carbonyl (C=O) groups excluding carboxylic acids is 1. The second kappa shape index (κ2) is 7.27. The molecule has 0 saturated carbocycles. The lowest BCUT2D eigenvalue weighted by atomic mass is 9.78. The van der Waals surface area contributed by atoms with E-state index in [4.69, 9.17) is 5.73 Å². The van der Waals surface area contributed by atoms with Gasteiger partial charge < -0.3 is 10.8 Å². The predicted octanol–water partition coefficient (Wildman–Crippen LogP) is 5.08. The summed E-state index contributed by atoms with van der Waals surface area (Å²) in [5, 5.41) is 15.4. The van der Waals surface area contributed by atoms with Crippen LogP contribution in [0.15, 0.2) is 42.5 Å². The van der Waals surface area contributed by atoms with Crippen molar-refractivity contribution in [3.05, 3.63) is 65.1 Å². The lowest BCUT2D eigenvalue weighted by Gasteiger charge is -2.28. The molecule has 2 aromatic carbocycles. The van der Waals surface area contributed by atoms with E-state index in [9.17, 15) is 14.3 Å². The largest absolute Gasteiger partial charge is 0.507 e. The Morgan fingerprint density at radius 1 is 0.967 bits per heavy atom. The number of nitrogens with zero attached hydrogens (tertiary/aromatic N) is 2. The molecule has 0 fully saturated rings. The minimum absolute atomic E-state index is 0.108. The van der Waals surface area contributed by atoms with Gasteiger partial charge in [-0.2, -0.15) is 5.10 Å². The number of amides is 1. The van der Waals surface area contributed by atoms with Crippen molar-refractivity contribution >= 4 is 5.91 Å². The predicted molar refractivity (Wildman–Crippen MR) is 117 cm³/mol. The average molecular weight is 410 g/mol. The van der Waals surface area contributed by atoms with Crippen molar-refractivity contribution in [3.8, 4) is 22.7 Å². The molecule has 0 unspecified atom stereocenters. The molecule has 158 valence electrons. The summed E-state index contributed by atoms with van der Waals surface area (Å²) in [6.07, 6.45) is 0. The van der Waals surface area contributed by atoms with Crippen LogP contribution in [0.4, 0.5) is 4.39 Å². The summed E-state index contributed by atoms with van der Waals surface area (Å²) in [4.78, 5) is 11.8. The first-order valence-electron chi connectivity index (χ1n) is 9.83. The summed E-state index contributed by atoms with van der Waals surface area (Å²) in [6, 6.07) is 11.3. The molecule has 3 N–H and O–H groups in total. The number of hydrogen-bond donors (Lipinski definition) is 2. The first kappa shape index (κ1) is 21.6. The SMILES string of the molecule is CC(C)(C)c1cc(-c2cc(C(N)=O)nn2-c2ccc(F)cc2)cc(C(C)(C)C)c1O. The number of halogens is 1. The van der Waals surface area contributed by atoms with Gasteiger partial charge in [-0.3, -0.25) is 4.79 Å². The van der Waals surface area contributed by atoms with Crippen LogP contribution in [0.25, 0.3) is 16.9 Å². The van der Waals surface area contributed by atoms with E-state index in [0.717, 1.165) is 16.7 Å². The van der Waals surface area contributed by atoms with Gasteiger partial charge in [-0.15, -0.1) is 0 Å². The number of primary amides is 1. The van der Waals surface area contributed by atoms with Gasteiger partial charge in [-0.05, 0) is 53.3 Å². The number of carbonyl (C=O) groups is 1. The summed E-state index contributed by atoms with van der Waals surface area (Å²) in [5.41, 5.74) is 8.56. The molecule has 1 aromatic heterocycles. The molecule has 0 atom stereocenters. The highest BCUT2D eigenvalue weighted by atomic mass is 19.1. The Kier molecular flexibility index (Phi) is 5.23. The number of rotatable bonds is 3. The maximum atomic E-state index is 13.4. The molecule has 3 rings (SSSR count). The van der Waals surface area contributed by atoms with Crippen LogP contribution in [0.3, 0.4) is 0 Å². The molecule has 0 aliphatic carbocycles. The Balaban J connectivity index is 2.34. The molecular formula is C24H28FN3O2. The van der Waals surface area contributed by atoms with E-state index in [1.807, 2.05) is 53.7 Å². The van der Waals surface area contributed by atoms with Crippen molar-refractivity contribution < 1.29 is 14.3 Å². The highest BCUT2D eigenvalue weighted by Crippen LogP contribution is 2.42. The van der Waals surface area contributed by atoms with E-state index in [1.54, 1.807) is 22.9 Å². The van der Waals surface area contributed by atoms with Crippen molar-refractivity contribution in [1.29, 1.82) is 0 Å². The van der Waals surface area contributed by atoms with Crippen LogP contribution in [-0.2, 0) is 10.8 Å². The van der Waals surface area contributed by atoms with Crippen LogP contribution in [0.5, 0.6) is 5.75 Å². The fourth-order valence-corrected chi connectivity index (χ4v) is 3.41. The van der Waals surface area contributed by atoms with E-state index in [-0.39, 0.29) is 28.1 Å². The van der Waals surface area contributed by atoms with E-state index in [1.165, 1.54) is 12.1 Å². The van der Waals surface area contributed by atoms with Gasteiger partial charge in [0.25, 0.3) is 5.91 Å². The molecule has 0 spiro atoms. The van der Waals surface area contributed by atoms with Crippen molar-refractivity contribution in [1.82, 2.24) is 9.78 Å². The molecule has 3 aromatic rings. The van der Waals surface area contributed by atoms with Crippen molar-refractivity contribution in [2.75, 3.05) is 0 Å². The zero-order valence-electron chi connectivity index (χ0n) is 18.2. The normalized spacial score (nSPS) is 12.2. The Bertz CT molecular complexity index is 1070. The van der Waals surface area contributed by atoms with Crippen molar-refractivity contribution in [2.45, 2.75) is 52.4 Å². The number of aromatic hydroxyl groups is 1. The summed E-state index contributed by atoms with van der Waals surface area (Å²) >= 11 is 0. The molecule has 1 amide bonds. The molecule has 0 saturated heterocycles. The molecule has 0 bridgehead atoms. The fourth-order valence-electron chi connectivity index (χ4n) is 3.41. The van der Waals surface area contributed by atoms with Crippen LogP contribution in [0.1, 0.15) is 63.2 Å². The third-order valence-electron chi connectivity index (χ3n) is 5.05. The molecule has 0 aliphatic rings. The third kappa shape index (κ3) is 4.08. The van der Waals surface area contributed by atoms with Crippen LogP contribution < -0.4 is 5.73 Å². The number of phenolic OH excluding ortho intramolecular Hbond substituents is 1. The fraction of sp³-hybridized carbons (Fsp3) is 0.333. The molecule has 6 heteroatoms. The number of hydrogen-bond acceptors (Lipinski definition) is 3. The second-order valence-electron chi connectivity index (χ2n) is 9.59. The summed E-state index contributed by atoms with van der Waals surface area (Å²) in [6.45, 7) is 12.2. The zero-order chi connectivity index (χ0) is 22.4. The zero-order valence-corrected chi connectivity index (χ0v) is 18.2. The second-order valence-corrected chi connectivity index (χ2v) is 9.59. The molecule has 30 heavy (non-hydrogen) atoms. The van der Waals surface area contributed by atoms with Gasteiger partial charge in [-0.1, -0.05) is 41.5 Å². The van der Waals surface area contributed by atoms with Crippen LogP contribution >= 0.6 is 0 Å².